The molecule has 2 N–H and O–H groups in total. The summed E-state index contributed by atoms with van der Waals surface area (Å²) in [5.41, 5.74) is 2.44. The number of likely N-dealkylation sites (tertiary alicyclic amines) is 1. The van der Waals surface area contributed by atoms with Crippen LogP contribution in [0.15, 0.2) is 48.8 Å². The van der Waals surface area contributed by atoms with E-state index in [1.807, 2.05) is 22.8 Å². The summed E-state index contributed by atoms with van der Waals surface area (Å²) in [6, 6.07) is 11.5. The third-order valence-electron chi connectivity index (χ3n) is 4.99. The van der Waals surface area contributed by atoms with Crippen LogP contribution < -0.4 is 0 Å². The van der Waals surface area contributed by atoms with E-state index >= 15 is 0 Å². The zero-order valence-corrected chi connectivity index (χ0v) is 14.4. The number of piperidine rings is 1. The van der Waals surface area contributed by atoms with Crippen LogP contribution in [-0.4, -0.2) is 49.8 Å². The summed E-state index contributed by atoms with van der Waals surface area (Å²) in [6.45, 7) is 2.62. The first-order valence-corrected chi connectivity index (χ1v) is 8.81. The Morgan fingerprint density at radius 2 is 1.92 bits per heavy atom. The molecule has 1 aromatic carbocycles. The van der Waals surface area contributed by atoms with Gasteiger partial charge in [0.1, 0.15) is 5.82 Å². The summed E-state index contributed by atoms with van der Waals surface area (Å²) in [4.78, 5) is 17.7. The van der Waals surface area contributed by atoms with Gasteiger partial charge >= 0.3 is 5.97 Å². The Morgan fingerprint density at radius 3 is 2.62 bits per heavy atom. The van der Waals surface area contributed by atoms with Gasteiger partial charge in [-0.2, -0.15) is 0 Å². The Balaban J connectivity index is 1.68. The third-order valence-corrected chi connectivity index (χ3v) is 4.99. The van der Waals surface area contributed by atoms with E-state index < -0.39 is 5.97 Å². The Bertz CT molecular complexity index is 925. The lowest BCUT2D eigenvalue weighted by Crippen LogP contribution is -2.35. The largest absolute Gasteiger partial charge is 0.478 e. The summed E-state index contributed by atoms with van der Waals surface area (Å²) < 4.78 is 2.01. The minimum Gasteiger partial charge on any atom is -0.478 e. The van der Waals surface area contributed by atoms with E-state index in [-0.39, 0.29) is 11.7 Å². The lowest BCUT2D eigenvalue weighted by atomic mass is 10.1. The van der Waals surface area contributed by atoms with Gasteiger partial charge in [0.05, 0.1) is 17.2 Å². The minimum absolute atomic E-state index is 0.176. The highest BCUT2D eigenvalue weighted by atomic mass is 16.4. The molecule has 6 nitrogen and oxygen atoms in total. The summed E-state index contributed by atoms with van der Waals surface area (Å²) in [5.74, 6) is -0.277. The molecule has 1 fully saturated rings. The molecule has 1 aliphatic heterocycles. The Hall–Kier alpha value is -2.70. The molecule has 134 valence electrons. The molecule has 6 heteroatoms. The van der Waals surface area contributed by atoms with E-state index in [1.54, 1.807) is 12.1 Å². The van der Waals surface area contributed by atoms with Gasteiger partial charge in [-0.25, -0.2) is 9.78 Å². The molecule has 1 aliphatic rings. The van der Waals surface area contributed by atoms with Gasteiger partial charge < -0.3 is 14.8 Å². The molecule has 2 aromatic heterocycles. The van der Waals surface area contributed by atoms with Crippen LogP contribution in [0.4, 0.5) is 0 Å². The summed E-state index contributed by atoms with van der Waals surface area (Å²) in [6.07, 6.45) is 4.93. The standard InChI is InChI=1S/C20H21N3O3/c24-16-7-9-22(10-8-16)12-15-13-23(18-4-2-1-3-17(15)18)19-6-5-14(11-21-19)20(25)26/h1-6,11,13,16,24H,7-10,12H2,(H,25,26). The number of hydrogen-bond donors (Lipinski definition) is 2. The Morgan fingerprint density at radius 1 is 1.15 bits per heavy atom. The number of carbonyl (C=O) groups is 1. The van der Waals surface area contributed by atoms with Crippen LogP contribution in [0.25, 0.3) is 16.7 Å². The number of pyridine rings is 1. The first-order valence-electron chi connectivity index (χ1n) is 8.81. The molecule has 0 amide bonds. The predicted molar refractivity (Wildman–Crippen MR) is 98.5 cm³/mol. The number of aromatic nitrogens is 2. The Kier molecular flexibility index (Phi) is 4.44. The van der Waals surface area contributed by atoms with Crippen LogP contribution in [0.1, 0.15) is 28.8 Å². The second-order valence-corrected chi connectivity index (χ2v) is 6.76. The molecule has 0 unspecified atom stereocenters. The first kappa shape index (κ1) is 16.8. The number of benzene rings is 1. The first-order chi connectivity index (χ1) is 12.6. The van der Waals surface area contributed by atoms with Crippen molar-refractivity contribution in [3.8, 4) is 5.82 Å². The van der Waals surface area contributed by atoms with Gasteiger partial charge in [0.15, 0.2) is 0 Å². The number of aromatic carboxylic acids is 1. The van der Waals surface area contributed by atoms with Crippen molar-refractivity contribution < 1.29 is 15.0 Å². The molecule has 26 heavy (non-hydrogen) atoms. The SMILES string of the molecule is O=C(O)c1ccc(-n2cc(CN3CCC(O)CC3)c3ccccc32)nc1. The van der Waals surface area contributed by atoms with Gasteiger partial charge in [-0.1, -0.05) is 18.2 Å². The number of nitrogens with zero attached hydrogens (tertiary/aromatic N) is 3. The van der Waals surface area contributed by atoms with Crippen molar-refractivity contribution >= 4 is 16.9 Å². The van der Waals surface area contributed by atoms with Crippen LogP contribution in [0.5, 0.6) is 0 Å². The van der Waals surface area contributed by atoms with E-state index in [0.29, 0.717) is 5.82 Å². The Labute approximate surface area is 151 Å². The quantitative estimate of drug-likeness (QED) is 0.756. The number of rotatable bonds is 4. The second kappa shape index (κ2) is 6.90. The fourth-order valence-corrected chi connectivity index (χ4v) is 3.54. The summed E-state index contributed by atoms with van der Waals surface area (Å²) >= 11 is 0. The second-order valence-electron chi connectivity index (χ2n) is 6.76. The predicted octanol–water partition coefficient (Wildman–Crippen LogP) is 2.68. The monoisotopic (exact) mass is 351 g/mol. The number of para-hydroxylation sites is 1. The number of carboxylic acids is 1. The van der Waals surface area contributed by atoms with Crippen molar-refractivity contribution in [1.82, 2.24) is 14.5 Å². The fourth-order valence-electron chi connectivity index (χ4n) is 3.54. The lowest BCUT2D eigenvalue weighted by Gasteiger charge is -2.29. The molecular weight excluding hydrogens is 330 g/mol. The van der Waals surface area contributed by atoms with Gasteiger partial charge in [0.2, 0.25) is 0 Å². The van der Waals surface area contributed by atoms with Crippen molar-refractivity contribution in [2.75, 3.05) is 13.1 Å². The number of aliphatic hydroxyl groups is 1. The van der Waals surface area contributed by atoms with E-state index in [4.69, 9.17) is 5.11 Å². The number of hydrogen-bond acceptors (Lipinski definition) is 4. The average Bonchev–Trinajstić information content (AvgIpc) is 3.02. The van der Waals surface area contributed by atoms with E-state index in [9.17, 15) is 9.90 Å². The van der Waals surface area contributed by atoms with Crippen LogP contribution in [0, 0.1) is 0 Å². The lowest BCUT2D eigenvalue weighted by molar-refractivity contribution is 0.0696. The van der Waals surface area contributed by atoms with Crippen molar-refractivity contribution in [3.05, 3.63) is 59.9 Å². The summed E-state index contributed by atoms with van der Waals surface area (Å²) in [7, 11) is 0. The molecule has 1 saturated heterocycles. The van der Waals surface area contributed by atoms with Gasteiger partial charge in [0.25, 0.3) is 0 Å². The normalized spacial score (nSPS) is 16.2. The molecule has 0 bridgehead atoms. The number of aliphatic hydroxyl groups excluding tert-OH is 1. The molecule has 0 spiro atoms. The van der Waals surface area contributed by atoms with Gasteiger partial charge in [-0.3, -0.25) is 4.90 Å². The topological polar surface area (TPSA) is 78.6 Å². The van der Waals surface area contributed by atoms with Gasteiger partial charge in [0, 0.05) is 37.4 Å². The molecule has 0 saturated carbocycles. The van der Waals surface area contributed by atoms with E-state index in [2.05, 4.69) is 22.1 Å². The summed E-state index contributed by atoms with van der Waals surface area (Å²) in [5, 5.41) is 19.9. The molecule has 3 aromatic rings. The highest BCUT2D eigenvalue weighted by molar-refractivity contribution is 5.88. The maximum absolute atomic E-state index is 11.0. The molecule has 0 aliphatic carbocycles. The van der Waals surface area contributed by atoms with Crippen molar-refractivity contribution in [1.29, 1.82) is 0 Å². The van der Waals surface area contributed by atoms with Crippen LogP contribution in [0.3, 0.4) is 0 Å². The fraction of sp³-hybridized carbons (Fsp3) is 0.300. The van der Waals surface area contributed by atoms with Crippen LogP contribution in [0.2, 0.25) is 0 Å². The van der Waals surface area contributed by atoms with Gasteiger partial charge in [-0.15, -0.1) is 0 Å². The van der Waals surface area contributed by atoms with E-state index in [0.717, 1.165) is 38.0 Å². The minimum atomic E-state index is -0.977. The van der Waals surface area contributed by atoms with Crippen molar-refractivity contribution in [2.45, 2.75) is 25.5 Å². The van der Waals surface area contributed by atoms with Crippen LogP contribution >= 0.6 is 0 Å². The smallest absolute Gasteiger partial charge is 0.337 e. The third kappa shape index (κ3) is 3.21. The molecule has 3 heterocycles. The van der Waals surface area contributed by atoms with Crippen LogP contribution in [-0.2, 0) is 6.54 Å². The number of fused-ring (bicyclic) bond motifs is 1. The van der Waals surface area contributed by atoms with Gasteiger partial charge in [-0.05, 0) is 36.6 Å². The molecule has 0 atom stereocenters. The number of carboxylic acid groups (broad SMARTS) is 1. The highest BCUT2D eigenvalue weighted by Gasteiger charge is 2.19. The zero-order valence-electron chi connectivity index (χ0n) is 14.4. The zero-order chi connectivity index (χ0) is 18.1. The van der Waals surface area contributed by atoms with E-state index in [1.165, 1.54) is 17.1 Å². The molecule has 4 rings (SSSR count). The average molecular weight is 351 g/mol. The van der Waals surface area contributed by atoms with Crippen molar-refractivity contribution in [2.24, 2.45) is 0 Å². The highest BCUT2D eigenvalue weighted by Crippen LogP contribution is 2.26. The maximum atomic E-state index is 11.0. The molecular formula is C20H21N3O3. The maximum Gasteiger partial charge on any atom is 0.337 e. The molecule has 0 radical (unpaired) electrons. The van der Waals surface area contributed by atoms with Crippen molar-refractivity contribution in [3.63, 3.8) is 0 Å².